The van der Waals surface area contributed by atoms with E-state index in [1.165, 1.54) is 19.3 Å². The average molecular weight is 170 g/mol. The monoisotopic (exact) mass is 170 g/mol. The number of carbonyl (C=O) groups is 1. The van der Waals surface area contributed by atoms with E-state index in [0.717, 1.165) is 12.8 Å². The largest absolute Gasteiger partial charge is 0.481 e. The molecule has 1 aliphatic carbocycles. The molecule has 0 amide bonds. The number of hydrogen-bond acceptors (Lipinski definition) is 1. The van der Waals surface area contributed by atoms with Crippen molar-refractivity contribution in [2.45, 2.75) is 46.0 Å². The van der Waals surface area contributed by atoms with Gasteiger partial charge in [-0.2, -0.15) is 0 Å². The van der Waals surface area contributed by atoms with Gasteiger partial charge in [-0.05, 0) is 18.3 Å². The van der Waals surface area contributed by atoms with Crippen molar-refractivity contribution in [2.24, 2.45) is 11.3 Å². The van der Waals surface area contributed by atoms with Crippen molar-refractivity contribution in [3.05, 3.63) is 0 Å². The van der Waals surface area contributed by atoms with E-state index in [1.54, 1.807) is 0 Å². The number of carboxylic acid groups (broad SMARTS) is 1. The van der Waals surface area contributed by atoms with Gasteiger partial charge in [0.2, 0.25) is 0 Å². The molecule has 1 N–H and O–H groups in total. The Bertz CT molecular complexity index is 169. The predicted molar refractivity (Wildman–Crippen MR) is 48.0 cm³/mol. The molecule has 1 fully saturated rings. The zero-order chi connectivity index (χ0) is 9.19. The van der Waals surface area contributed by atoms with Crippen LogP contribution in [0.3, 0.4) is 0 Å². The van der Waals surface area contributed by atoms with Crippen LogP contribution in [-0.4, -0.2) is 11.1 Å². The molecule has 0 radical (unpaired) electrons. The van der Waals surface area contributed by atoms with Crippen molar-refractivity contribution in [2.75, 3.05) is 0 Å². The number of hydrogen-bond donors (Lipinski definition) is 1. The Morgan fingerprint density at radius 1 is 1.33 bits per heavy atom. The van der Waals surface area contributed by atoms with Gasteiger partial charge in [-0.25, -0.2) is 0 Å². The summed E-state index contributed by atoms with van der Waals surface area (Å²) in [5.74, 6) is -0.822. The minimum Gasteiger partial charge on any atom is -0.481 e. The minimum absolute atomic E-state index is 0.0596. The van der Waals surface area contributed by atoms with Gasteiger partial charge in [0.1, 0.15) is 0 Å². The van der Waals surface area contributed by atoms with E-state index < -0.39 is 5.97 Å². The fourth-order valence-electron chi connectivity index (χ4n) is 2.09. The molecule has 0 saturated heterocycles. The fourth-order valence-corrected chi connectivity index (χ4v) is 2.09. The van der Waals surface area contributed by atoms with Gasteiger partial charge in [-0.1, -0.05) is 33.1 Å². The molecule has 1 unspecified atom stereocenters. The maximum absolute atomic E-state index is 10.8. The molecular weight excluding hydrogens is 152 g/mol. The zero-order valence-corrected chi connectivity index (χ0v) is 7.97. The summed E-state index contributed by atoms with van der Waals surface area (Å²) in [6, 6.07) is 0. The van der Waals surface area contributed by atoms with E-state index in [9.17, 15) is 4.79 Å². The summed E-state index contributed by atoms with van der Waals surface area (Å²) < 4.78 is 0. The highest BCUT2D eigenvalue weighted by Gasteiger charge is 2.36. The van der Waals surface area contributed by atoms with Crippen LogP contribution in [0, 0.1) is 11.3 Å². The van der Waals surface area contributed by atoms with E-state index in [4.69, 9.17) is 5.11 Å². The third-order valence-corrected chi connectivity index (χ3v) is 3.41. The van der Waals surface area contributed by atoms with Gasteiger partial charge in [0, 0.05) is 0 Å². The molecule has 0 spiro atoms. The standard InChI is InChI=1S/C10H18O2/c1-8(9(11)12)10(2)6-4-3-5-7-10/h8H,3-7H2,1-2H3,(H,11,12). The minimum atomic E-state index is -0.639. The van der Waals surface area contributed by atoms with Crippen molar-refractivity contribution in [1.29, 1.82) is 0 Å². The highest BCUT2D eigenvalue weighted by Crippen LogP contribution is 2.41. The van der Waals surface area contributed by atoms with Crippen LogP contribution in [0.25, 0.3) is 0 Å². The summed E-state index contributed by atoms with van der Waals surface area (Å²) in [7, 11) is 0. The van der Waals surface area contributed by atoms with Crippen molar-refractivity contribution in [3.8, 4) is 0 Å². The van der Waals surface area contributed by atoms with Gasteiger partial charge in [0.15, 0.2) is 0 Å². The van der Waals surface area contributed by atoms with E-state index in [2.05, 4.69) is 6.92 Å². The van der Waals surface area contributed by atoms with Crippen LogP contribution < -0.4 is 0 Å². The number of carboxylic acids is 1. The van der Waals surface area contributed by atoms with Crippen molar-refractivity contribution < 1.29 is 9.90 Å². The van der Waals surface area contributed by atoms with Crippen LogP contribution in [0.5, 0.6) is 0 Å². The molecule has 0 aliphatic heterocycles. The van der Waals surface area contributed by atoms with Crippen LogP contribution in [0.2, 0.25) is 0 Å². The molecular formula is C10H18O2. The SMILES string of the molecule is CC(C(=O)O)C1(C)CCCCC1. The van der Waals surface area contributed by atoms with Crippen molar-refractivity contribution in [3.63, 3.8) is 0 Å². The topological polar surface area (TPSA) is 37.3 Å². The van der Waals surface area contributed by atoms with Crippen LogP contribution in [0.4, 0.5) is 0 Å². The van der Waals surface area contributed by atoms with Crippen molar-refractivity contribution in [1.82, 2.24) is 0 Å². The summed E-state index contributed by atoms with van der Waals surface area (Å²) in [6.45, 7) is 3.96. The van der Waals surface area contributed by atoms with Gasteiger partial charge in [0.25, 0.3) is 0 Å². The quantitative estimate of drug-likeness (QED) is 0.691. The zero-order valence-electron chi connectivity index (χ0n) is 7.97. The molecule has 2 nitrogen and oxygen atoms in total. The fraction of sp³-hybridized carbons (Fsp3) is 0.900. The molecule has 1 aliphatic rings. The second-order valence-electron chi connectivity index (χ2n) is 4.27. The maximum atomic E-state index is 10.8. The second-order valence-corrected chi connectivity index (χ2v) is 4.27. The first-order chi connectivity index (χ1) is 5.56. The number of rotatable bonds is 2. The molecule has 0 heterocycles. The first-order valence-electron chi connectivity index (χ1n) is 4.79. The molecule has 1 rings (SSSR count). The van der Waals surface area contributed by atoms with E-state index >= 15 is 0 Å². The Hall–Kier alpha value is -0.530. The van der Waals surface area contributed by atoms with Crippen molar-refractivity contribution >= 4 is 5.97 Å². The first-order valence-corrected chi connectivity index (χ1v) is 4.79. The summed E-state index contributed by atoms with van der Waals surface area (Å²) in [5, 5.41) is 8.90. The Morgan fingerprint density at radius 2 is 1.83 bits per heavy atom. The lowest BCUT2D eigenvalue weighted by Crippen LogP contribution is -2.33. The molecule has 2 heteroatoms. The molecule has 12 heavy (non-hydrogen) atoms. The smallest absolute Gasteiger partial charge is 0.306 e. The highest BCUT2D eigenvalue weighted by molar-refractivity contribution is 5.70. The lowest BCUT2D eigenvalue weighted by atomic mass is 9.68. The summed E-state index contributed by atoms with van der Waals surface area (Å²) >= 11 is 0. The molecule has 0 aromatic carbocycles. The van der Waals surface area contributed by atoms with Gasteiger partial charge in [0.05, 0.1) is 5.92 Å². The van der Waals surface area contributed by atoms with Crippen LogP contribution in [0.1, 0.15) is 46.0 Å². The Balaban J connectivity index is 2.62. The van der Waals surface area contributed by atoms with Crippen LogP contribution in [0.15, 0.2) is 0 Å². The highest BCUT2D eigenvalue weighted by atomic mass is 16.4. The van der Waals surface area contributed by atoms with Gasteiger partial charge >= 0.3 is 5.97 Å². The summed E-state index contributed by atoms with van der Waals surface area (Å²) in [4.78, 5) is 10.8. The first kappa shape index (κ1) is 9.56. The van der Waals surface area contributed by atoms with Crippen LogP contribution in [-0.2, 0) is 4.79 Å². The summed E-state index contributed by atoms with van der Waals surface area (Å²) in [5.41, 5.74) is 0.0596. The Labute approximate surface area is 74.0 Å². The van der Waals surface area contributed by atoms with E-state index in [0.29, 0.717) is 0 Å². The predicted octanol–water partition coefficient (Wildman–Crippen LogP) is 2.68. The maximum Gasteiger partial charge on any atom is 0.306 e. The molecule has 0 bridgehead atoms. The van der Waals surface area contributed by atoms with E-state index in [-0.39, 0.29) is 11.3 Å². The Kier molecular flexibility index (Phi) is 2.76. The third-order valence-electron chi connectivity index (χ3n) is 3.41. The normalized spacial score (nSPS) is 24.8. The lowest BCUT2D eigenvalue weighted by Gasteiger charge is -2.36. The second kappa shape index (κ2) is 3.46. The number of aliphatic carboxylic acids is 1. The van der Waals surface area contributed by atoms with Gasteiger partial charge in [-0.15, -0.1) is 0 Å². The molecule has 1 saturated carbocycles. The van der Waals surface area contributed by atoms with Gasteiger partial charge < -0.3 is 5.11 Å². The Morgan fingerprint density at radius 3 is 2.25 bits per heavy atom. The van der Waals surface area contributed by atoms with Crippen LogP contribution >= 0.6 is 0 Å². The average Bonchev–Trinajstić information content (AvgIpc) is 2.04. The molecule has 1 atom stereocenters. The van der Waals surface area contributed by atoms with E-state index in [1.807, 2.05) is 6.92 Å². The summed E-state index contributed by atoms with van der Waals surface area (Å²) in [6.07, 6.45) is 5.85. The lowest BCUT2D eigenvalue weighted by molar-refractivity contribution is -0.146. The molecule has 70 valence electrons. The molecule has 0 aromatic rings. The third kappa shape index (κ3) is 1.79. The molecule has 0 aromatic heterocycles. The van der Waals surface area contributed by atoms with Gasteiger partial charge in [-0.3, -0.25) is 4.79 Å².